The molecule has 4 aromatic carbocycles. The van der Waals surface area contributed by atoms with E-state index in [2.05, 4.69) is 5.32 Å². The number of rotatable bonds is 7. The van der Waals surface area contributed by atoms with Gasteiger partial charge in [-0.3, -0.25) is 9.69 Å². The molecule has 2 aliphatic heterocycles. The lowest BCUT2D eigenvalue weighted by Gasteiger charge is -2.42. The quantitative estimate of drug-likeness (QED) is 0.235. The van der Waals surface area contributed by atoms with Crippen LogP contribution in [-0.2, 0) is 17.8 Å². The maximum absolute atomic E-state index is 14.6. The molecule has 0 spiro atoms. The molecule has 1 N–H and O–H groups in total. The van der Waals surface area contributed by atoms with Crippen molar-refractivity contribution in [1.82, 2.24) is 10.2 Å². The first-order valence-electron chi connectivity index (χ1n) is 14.0. The molecule has 4 aromatic rings. The van der Waals surface area contributed by atoms with E-state index in [-0.39, 0.29) is 18.0 Å². The SMILES string of the molecule is CCc1ccccc1Oc1ccc(C2NC(=O)N(Cc3ccc(F)cc3F)C3=C2C(=O)N(c2ccccc2)CC3)c(Cl)c1. The van der Waals surface area contributed by atoms with E-state index < -0.39 is 23.7 Å². The van der Waals surface area contributed by atoms with Crippen LogP contribution in [0.15, 0.2) is 102 Å². The first kappa shape index (κ1) is 28.4. The standard InChI is InChI=1S/C34H28ClF2N3O3/c1-2-21-8-6-7-11-30(21)43-25-14-15-26(27(35)19-25)32-31-29(16-17-39(33(31)41)24-9-4-3-5-10-24)40(34(42)38-32)20-22-12-13-23(36)18-28(22)37/h3-15,18-19,32H,2,16-17,20H2,1H3,(H,38,42). The molecule has 9 heteroatoms. The summed E-state index contributed by atoms with van der Waals surface area (Å²) in [6.45, 7) is 2.20. The third-order valence-corrected chi connectivity index (χ3v) is 8.09. The predicted octanol–water partition coefficient (Wildman–Crippen LogP) is 7.93. The van der Waals surface area contributed by atoms with Crippen molar-refractivity contribution in [1.29, 1.82) is 0 Å². The maximum Gasteiger partial charge on any atom is 0.322 e. The Morgan fingerprint density at radius 3 is 2.44 bits per heavy atom. The number of para-hydroxylation sites is 2. The molecular weight excluding hydrogens is 572 g/mol. The van der Waals surface area contributed by atoms with Crippen molar-refractivity contribution >= 4 is 29.2 Å². The zero-order valence-electron chi connectivity index (χ0n) is 23.3. The van der Waals surface area contributed by atoms with E-state index >= 15 is 0 Å². The number of hydrogen-bond donors (Lipinski definition) is 1. The largest absolute Gasteiger partial charge is 0.457 e. The van der Waals surface area contributed by atoms with Gasteiger partial charge in [0.1, 0.15) is 23.1 Å². The van der Waals surface area contributed by atoms with Gasteiger partial charge >= 0.3 is 6.03 Å². The van der Waals surface area contributed by atoms with Crippen molar-refractivity contribution in [2.45, 2.75) is 32.4 Å². The zero-order chi connectivity index (χ0) is 30.1. The highest BCUT2D eigenvalue weighted by Crippen LogP contribution is 2.41. The minimum atomic E-state index is -0.861. The number of nitrogens with zero attached hydrogens (tertiary/aromatic N) is 2. The Morgan fingerprint density at radius 1 is 0.930 bits per heavy atom. The number of carbonyl (C=O) groups excluding carboxylic acids is 2. The van der Waals surface area contributed by atoms with Crippen LogP contribution in [-0.4, -0.2) is 23.4 Å². The Kier molecular flexibility index (Phi) is 7.86. The Labute approximate surface area is 253 Å². The van der Waals surface area contributed by atoms with Crippen LogP contribution in [0, 0.1) is 11.6 Å². The van der Waals surface area contributed by atoms with Crippen molar-refractivity contribution in [2.24, 2.45) is 0 Å². The van der Waals surface area contributed by atoms with Gasteiger partial charge < -0.3 is 15.0 Å². The van der Waals surface area contributed by atoms with E-state index in [0.29, 0.717) is 40.6 Å². The van der Waals surface area contributed by atoms with Crippen molar-refractivity contribution in [3.8, 4) is 11.5 Å². The Morgan fingerprint density at radius 2 is 1.70 bits per heavy atom. The van der Waals surface area contributed by atoms with Gasteiger partial charge in [-0.1, -0.05) is 67.1 Å². The van der Waals surface area contributed by atoms with Crippen LogP contribution >= 0.6 is 11.6 Å². The highest BCUT2D eigenvalue weighted by molar-refractivity contribution is 6.31. The summed E-state index contributed by atoms with van der Waals surface area (Å²) in [7, 11) is 0. The molecule has 0 aromatic heterocycles. The van der Waals surface area contributed by atoms with Crippen LogP contribution in [0.3, 0.4) is 0 Å². The maximum atomic E-state index is 14.6. The van der Waals surface area contributed by atoms with E-state index in [1.807, 2.05) is 61.5 Å². The minimum absolute atomic E-state index is 0.131. The molecule has 6 nitrogen and oxygen atoms in total. The van der Waals surface area contributed by atoms with Crippen LogP contribution in [0.1, 0.15) is 36.1 Å². The Balaban J connectivity index is 1.39. The molecule has 1 unspecified atom stereocenters. The molecule has 218 valence electrons. The average Bonchev–Trinajstić information content (AvgIpc) is 3.00. The zero-order valence-corrected chi connectivity index (χ0v) is 24.1. The summed E-state index contributed by atoms with van der Waals surface area (Å²) >= 11 is 6.81. The number of aryl methyl sites for hydroxylation is 1. The van der Waals surface area contributed by atoms with Crippen LogP contribution in [0.2, 0.25) is 5.02 Å². The van der Waals surface area contributed by atoms with E-state index in [0.717, 1.165) is 35.6 Å². The lowest BCUT2D eigenvalue weighted by Crippen LogP contribution is -2.53. The number of anilines is 1. The summed E-state index contributed by atoms with van der Waals surface area (Å²) in [5.41, 5.74) is 3.23. The third-order valence-electron chi connectivity index (χ3n) is 7.76. The second-order valence-corrected chi connectivity index (χ2v) is 10.8. The predicted molar refractivity (Wildman–Crippen MR) is 161 cm³/mol. The number of hydrogen-bond acceptors (Lipinski definition) is 3. The molecule has 0 saturated heterocycles. The number of amides is 3. The van der Waals surface area contributed by atoms with Crippen molar-refractivity contribution in [3.05, 3.63) is 136 Å². The van der Waals surface area contributed by atoms with Crippen LogP contribution in [0.5, 0.6) is 11.5 Å². The third kappa shape index (κ3) is 5.58. The molecule has 3 amide bonds. The van der Waals surface area contributed by atoms with Crippen molar-refractivity contribution < 1.29 is 23.1 Å². The molecule has 0 saturated carbocycles. The van der Waals surface area contributed by atoms with Crippen LogP contribution < -0.4 is 15.0 Å². The molecule has 0 bridgehead atoms. The molecular formula is C34H28ClF2N3O3. The van der Waals surface area contributed by atoms with Gasteiger partial charge in [-0.05, 0) is 53.9 Å². The second-order valence-electron chi connectivity index (χ2n) is 10.4. The summed E-state index contributed by atoms with van der Waals surface area (Å²) < 4.78 is 34.3. The molecule has 0 aliphatic carbocycles. The summed E-state index contributed by atoms with van der Waals surface area (Å²) in [5.74, 6) is -0.547. The van der Waals surface area contributed by atoms with E-state index in [4.69, 9.17) is 16.3 Å². The van der Waals surface area contributed by atoms with Crippen molar-refractivity contribution in [3.63, 3.8) is 0 Å². The lowest BCUT2D eigenvalue weighted by atomic mass is 9.89. The van der Waals surface area contributed by atoms with Crippen LogP contribution in [0.4, 0.5) is 19.3 Å². The molecule has 0 fully saturated rings. The number of halogens is 3. The number of urea groups is 1. The monoisotopic (exact) mass is 599 g/mol. The van der Waals surface area contributed by atoms with Gasteiger partial charge in [0.2, 0.25) is 0 Å². The van der Waals surface area contributed by atoms with Gasteiger partial charge in [0.15, 0.2) is 0 Å². The fourth-order valence-corrected chi connectivity index (χ4v) is 5.87. The number of ether oxygens (including phenoxy) is 1. The molecule has 1 atom stereocenters. The van der Waals surface area contributed by atoms with E-state index in [9.17, 15) is 18.4 Å². The van der Waals surface area contributed by atoms with E-state index in [1.165, 1.54) is 11.0 Å². The number of nitrogens with one attached hydrogen (secondary N) is 1. The first-order chi connectivity index (χ1) is 20.8. The average molecular weight is 600 g/mol. The van der Waals surface area contributed by atoms with Gasteiger partial charge in [0.25, 0.3) is 5.91 Å². The highest BCUT2D eigenvalue weighted by atomic mass is 35.5. The lowest BCUT2D eigenvalue weighted by molar-refractivity contribution is -0.116. The molecule has 0 radical (unpaired) electrons. The fourth-order valence-electron chi connectivity index (χ4n) is 5.59. The Hall–Kier alpha value is -4.69. The number of carbonyl (C=O) groups is 2. The smallest absolute Gasteiger partial charge is 0.322 e. The normalized spacial score (nSPS) is 16.7. The minimum Gasteiger partial charge on any atom is -0.457 e. The molecule has 2 aliphatic rings. The number of benzene rings is 4. The fraction of sp³-hybridized carbons (Fsp3) is 0.176. The van der Waals surface area contributed by atoms with Crippen molar-refractivity contribution in [2.75, 3.05) is 11.4 Å². The molecule has 2 heterocycles. The Bertz CT molecular complexity index is 1740. The second kappa shape index (κ2) is 11.9. The topological polar surface area (TPSA) is 61.9 Å². The van der Waals surface area contributed by atoms with E-state index in [1.54, 1.807) is 23.1 Å². The summed E-state index contributed by atoms with van der Waals surface area (Å²) in [5, 5.41) is 3.23. The van der Waals surface area contributed by atoms with Gasteiger partial charge in [0.05, 0.1) is 18.2 Å². The summed E-state index contributed by atoms with van der Waals surface area (Å²) in [4.78, 5) is 30.7. The van der Waals surface area contributed by atoms with Gasteiger partial charge in [-0.25, -0.2) is 13.6 Å². The molecule has 43 heavy (non-hydrogen) atoms. The van der Waals surface area contributed by atoms with Gasteiger partial charge in [-0.2, -0.15) is 0 Å². The molecule has 6 rings (SSSR count). The highest BCUT2D eigenvalue weighted by Gasteiger charge is 2.42. The summed E-state index contributed by atoms with van der Waals surface area (Å²) in [6.07, 6.45) is 1.14. The summed E-state index contributed by atoms with van der Waals surface area (Å²) in [6, 6.07) is 24.0. The first-order valence-corrected chi connectivity index (χ1v) is 14.4. The van der Waals surface area contributed by atoms with Crippen LogP contribution in [0.25, 0.3) is 0 Å². The van der Waals surface area contributed by atoms with Gasteiger partial charge in [0, 0.05) is 41.0 Å². The van der Waals surface area contributed by atoms with Gasteiger partial charge in [-0.15, -0.1) is 0 Å².